The van der Waals surface area contributed by atoms with Crippen molar-refractivity contribution in [1.29, 1.82) is 0 Å². The number of anilines is 1. The maximum atomic E-state index is 13.8. The Labute approximate surface area is 196 Å². The lowest BCUT2D eigenvalue weighted by atomic mass is 9.85. The van der Waals surface area contributed by atoms with Crippen molar-refractivity contribution in [2.24, 2.45) is 0 Å². The highest BCUT2D eigenvalue weighted by Gasteiger charge is 2.50. The monoisotopic (exact) mass is 478 g/mol. The van der Waals surface area contributed by atoms with Crippen LogP contribution in [0.4, 0.5) is 10.1 Å². The molecule has 2 aliphatic rings. The summed E-state index contributed by atoms with van der Waals surface area (Å²) in [5, 5.41) is 6.73. The molecule has 2 N–H and O–H groups in total. The first kappa shape index (κ1) is 22.8. The van der Waals surface area contributed by atoms with Crippen LogP contribution in [0, 0.1) is 5.82 Å². The minimum atomic E-state index is -0.672. The number of hydrogen-bond donors (Lipinski definition) is 2. The molecule has 4 rings (SSSR count). The molecular weight excluding hydrogens is 454 g/mol. The molecule has 0 bridgehead atoms. The van der Waals surface area contributed by atoms with Gasteiger partial charge in [0.2, 0.25) is 5.91 Å². The van der Waals surface area contributed by atoms with Gasteiger partial charge in [0.1, 0.15) is 11.4 Å². The fraction of sp³-hybridized carbons (Fsp3) is 0.391. The largest absolute Gasteiger partial charge is 0.348 e. The molecule has 1 atom stereocenters. The number of rotatable bonds is 5. The highest BCUT2D eigenvalue weighted by Crippen LogP contribution is 2.36. The van der Waals surface area contributed by atoms with Crippen LogP contribution in [-0.2, 0) is 4.79 Å². The van der Waals surface area contributed by atoms with Gasteiger partial charge in [-0.1, -0.05) is 29.3 Å². The molecule has 9 heteroatoms. The minimum Gasteiger partial charge on any atom is -0.348 e. The Balaban J connectivity index is 1.36. The molecule has 0 saturated carbocycles. The summed E-state index contributed by atoms with van der Waals surface area (Å²) in [5.74, 6) is -0.566. The van der Waals surface area contributed by atoms with E-state index in [4.69, 9.17) is 23.2 Å². The maximum Gasteiger partial charge on any atom is 0.251 e. The average Bonchev–Trinajstić information content (AvgIpc) is 3.05. The van der Waals surface area contributed by atoms with E-state index in [0.717, 1.165) is 0 Å². The first-order chi connectivity index (χ1) is 15.3. The Morgan fingerprint density at radius 2 is 1.88 bits per heavy atom. The predicted molar refractivity (Wildman–Crippen MR) is 124 cm³/mol. The van der Waals surface area contributed by atoms with Gasteiger partial charge in [-0.15, -0.1) is 0 Å². The van der Waals surface area contributed by atoms with Crippen molar-refractivity contribution in [3.63, 3.8) is 0 Å². The second-order valence-corrected chi connectivity index (χ2v) is 9.31. The van der Waals surface area contributed by atoms with Crippen molar-refractivity contribution in [3.8, 4) is 0 Å². The van der Waals surface area contributed by atoms with Crippen molar-refractivity contribution < 1.29 is 14.0 Å². The van der Waals surface area contributed by atoms with Gasteiger partial charge in [-0.2, -0.15) is 0 Å². The smallest absolute Gasteiger partial charge is 0.251 e. The summed E-state index contributed by atoms with van der Waals surface area (Å²) < 4.78 is 13.8. The predicted octanol–water partition coefficient (Wildman–Crippen LogP) is 3.68. The summed E-state index contributed by atoms with van der Waals surface area (Å²) >= 11 is 12.0. The van der Waals surface area contributed by atoms with Gasteiger partial charge in [-0.05, 0) is 56.2 Å². The van der Waals surface area contributed by atoms with Crippen LogP contribution in [0.5, 0.6) is 0 Å². The lowest BCUT2D eigenvalue weighted by Gasteiger charge is -2.43. The van der Waals surface area contributed by atoms with Crippen LogP contribution in [0.2, 0.25) is 10.0 Å². The van der Waals surface area contributed by atoms with E-state index < -0.39 is 5.54 Å². The molecule has 2 saturated heterocycles. The SMILES string of the molecule is C[C@H](CN1CCC2(CC1)C(=O)NCN2c1cccc(F)c1)NC(=O)c1cc(Cl)cc(Cl)c1. The zero-order valence-electron chi connectivity index (χ0n) is 17.7. The zero-order chi connectivity index (χ0) is 22.9. The van der Waals surface area contributed by atoms with E-state index >= 15 is 0 Å². The number of carbonyl (C=O) groups excluding carboxylic acids is 2. The second kappa shape index (κ2) is 9.25. The van der Waals surface area contributed by atoms with Crippen molar-refractivity contribution in [1.82, 2.24) is 15.5 Å². The minimum absolute atomic E-state index is 0.0133. The standard InChI is InChI=1S/C23H25Cl2FN4O2/c1-15(28-21(31)16-9-17(24)11-18(25)10-16)13-29-7-5-23(6-8-29)22(32)27-14-30(23)20-4-2-3-19(26)12-20/h2-4,9-12,15H,5-8,13-14H2,1H3,(H,27,32)(H,28,31)/t15-/m1/s1. The fourth-order valence-corrected chi connectivity index (χ4v) is 5.13. The van der Waals surface area contributed by atoms with Gasteiger partial charge in [0.15, 0.2) is 0 Å². The molecule has 6 nitrogen and oxygen atoms in total. The summed E-state index contributed by atoms with van der Waals surface area (Å²) in [7, 11) is 0. The van der Waals surface area contributed by atoms with Gasteiger partial charge in [0.05, 0.1) is 6.67 Å². The third kappa shape index (κ3) is 4.70. The molecule has 2 aromatic carbocycles. The summed E-state index contributed by atoms with van der Waals surface area (Å²) in [6.45, 7) is 4.36. The van der Waals surface area contributed by atoms with Gasteiger partial charge < -0.3 is 20.4 Å². The molecule has 1 spiro atoms. The first-order valence-electron chi connectivity index (χ1n) is 10.6. The van der Waals surface area contributed by atoms with Crippen LogP contribution in [-0.4, -0.2) is 54.6 Å². The summed E-state index contributed by atoms with van der Waals surface area (Å²) in [5.41, 5.74) is 0.451. The van der Waals surface area contributed by atoms with Crippen LogP contribution in [0.25, 0.3) is 0 Å². The maximum absolute atomic E-state index is 13.8. The van der Waals surface area contributed by atoms with Crippen LogP contribution >= 0.6 is 23.2 Å². The molecule has 0 unspecified atom stereocenters. The zero-order valence-corrected chi connectivity index (χ0v) is 19.2. The Bertz CT molecular complexity index is 1010. The molecule has 2 amide bonds. The van der Waals surface area contributed by atoms with E-state index in [1.54, 1.807) is 24.3 Å². The van der Waals surface area contributed by atoms with E-state index in [9.17, 15) is 14.0 Å². The average molecular weight is 479 g/mol. The van der Waals surface area contributed by atoms with Crippen LogP contribution in [0.1, 0.15) is 30.1 Å². The van der Waals surface area contributed by atoms with Crippen molar-refractivity contribution in [2.45, 2.75) is 31.3 Å². The van der Waals surface area contributed by atoms with Crippen molar-refractivity contribution in [2.75, 3.05) is 31.2 Å². The molecule has 0 radical (unpaired) electrons. The molecule has 0 aliphatic carbocycles. The Morgan fingerprint density at radius 3 is 2.53 bits per heavy atom. The molecule has 2 aromatic rings. The number of nitrogens with one attached hydrogen (secondary N) is 2. The molecule has 2 fully saturated rings. The number of carbonyl (C=O) groups is 2. The van der Waals surface area contributed by atoms with Gasteiger partial charge in [-0.3, -0.25) is 9.59 Å². The Hall–Kier alpha value is -2.35. The molecular formula is C23H25Cl2FN4O2. The number of halogens is 3. The first-order valence-corrected chi connectivity index (χ1v) is 11.3. The van der Waals surface area contributed by atoms with Gasteiger partial charge >= 0.3 is 0 Å². The van der Waals surface area contributed by atoms with E-state index in [-0.39, 0.29) is 23.7 Å². The van der Waals surface area contributed by atoms with Gasteiger partial charge in [0, 0.05) is 47.0 Å². The molecule has 2 heterocycles. The van der Waals surface area contributed by atoms with E-state index in [1.807, 2.05) is 17.9 Å². The van der Waals surface area contributed by atoms with E-state index in [0.29, 0.717) is 60.4 Å². The van der Waals surface area contributed by atoms with Crippen LogP contribution in [0.15, 0.2) is 42.5 Å². The number of amides is 2. The summed E-state index contributed by atoms with van der Waals surface area (Å²) in [4.78, 5) is 29.5. The van der Waals surface area contributed by atoms with E-state index in [1.165, 1.54) is 12.1 Å². The number of piperidine rings is 1. The third-order valence-corrected chi connectivity index (χ3v) is 6.61. The molecule has 170 valence electrons. The van der Waals surface area contributed by atoms with Gasteiger partial charge in [-0.25, -0.2) is 4.39 Å². The molecule has 0 aromatic heterocycles. The van der Waals surface area contributed by atoms with Crippen molar-refractivity contribution in [3.05, 3.63) is 63.9 Å². The lowest BCUT2D eigenvalue weighted by molar-refractivity contribution is -0.125. The molecule has 32 heavy (non-hydrogen) atoms. The fourth-order valence-electron chi connectivity index (χ4n) is 4.60. The Kier molecular flexibility index (Phi) is 6.60. The lowest BCUT2D eigenvalue weighted by Crippen LogP contribution is -2.57. The molecule has 2 aliphatic heterocycles. The second-order valence-electron chi connectivity index (χ2n) is 8.44. The third-order valence-electron chi connectivity index (χ3n) is 6.17. The topological polar surface area (TPSA) is 64.7 Å². The van der Waals surface area contributed by atoms with Crippen LogP contribution < -0.4 is 15.5 Å². The quantitative estimate of drug-likeness (QED) is 0.687. The Morgan fingerprint density at radius 1 is 1.19 bits per heavy atom. The van der Waals surface area contributed by atoms with E-state index in [2.05, 4.69) is 15.5 Å². The van der Waals surface area contributed by atoms with Crippen molar-refractivity contribution >= 4 is 40.7 Å². The highest BCUT2D eigenvalue weighted by molar-refractivity contribution is 6.35. The number of likely N-dealkylation sites (tertiary alicyclic amines) is 1. The summed E-state index contributed by atoms with van der Waals surface area (Å²) in [6, 6.07) is 11.0. The van der Waals surface area contributed by atoms with Crippen LogP contribution in [0.3, 0.4) is 0 Å². The highest BCUT2D eigenvalue weighted by atomic mass is 35.5. The number of benzene rings is 2. The summed E-state index contributed by atoms with van der Waals surface area (Å²) in [6.07, 6.45) is 1.25. The number of nitrogens with zero attached hydrogens (tertiary/aromatic N) is 2. The van der Waals surface area contributed by atoms with Gasteiger partial charge in [0.25, 0.3) is 5.91 Å². The number of hydrogen-bond acceptors (Lipinski definition) is 4. The normalized spacial score (nSPS) is 19.1.